The minimum atomic E-state index is 1.10. The highest BCUT2D eigenvalue weighted by Gasteiger charge is 1.96. The van der Waals surface area contributed by atoms with Crippen LogP contribution in [0.3, 0.4) is 0 Å². The lowest BCUT2D eigenvalue weighted by atomic mass is 10.0. The van der Waals surface area contributed by atoms with Crippen LogP contribution in [0.15, 0.2) is 36.4 Å². The van der Waals surface area contributed by atoms with E-state index in [9.17, 15) is 0 Å². The summed E-state index contributed by atoms with van der Waals surface area (Å²) >= 11 is 0. The summed E-state index contributed by atoms with van der Waals surface area (Å²) in [6.45, 7) is 0. The highest BCUT2D eigenvalue weighted by molar-refractivity contribution is 5.26. The molecule has 56 valence electrons. The fourth-order valence-corrected chi connectivity index (χ4v) is 1.50. The minimum Gasteiger partial charge on any atom is -0.0879 e. The predicted octanol–water partition coefficient (Wildman–Crippen LogP) is 2.73. The third-order valence-corrected chi connectivity index (χ3v) is 2.11. The van der Waals surface area contributed by atoms with Gasteiger partial charge in [-0.1, -0.05) is 36.4 Å². The zero-order chi connectivity index (χ0) is 7.52. The second-order valence-electron chi connectivity index (χ2n) is 3.03. The highest BCUT2D eigenvalue weighted by atomic mass is 14.0. The molecule has 1 aromatic carbocycles. The zero-order valence-corrected chi connectivity index (χ0v) is 6.59. The van der Waals surface area contributed by atoms with Crippen molar-refractivity contribution >= 4 is 0 Å². The van der Waals surface area contributed by atoms with E-state index in [4.69, 9.17) is 0 Å². The van der Waals surface area contributed by atoms with E-state index in [1.807, 2.05) is 0 Å². The van der Waals surface area contributed by atoms with Crippen molar-refractivity contribution in [2.24, 2.45) is 0 Å². The first-order valence-electron chi connectivity index (χ1n) is 4.18. The fraction of sp³-hybridized carbons (Fsp3) is 0.273. The zero-order valence-electron chi connectivity index (χ0n) is 6.59. The summed E-state index contributed by atoms with van der Waals surface area (Å²) in [4.78, 5) is 0. The molecule has 0 atom stereocenters. The van der Waals surface area contributed by atoms with E-state index in [2.05, 4.69) is 36.4 Å². The molecule has 2 bridgehead atoms. The number of hydrogen-bond donors (Lipinski definition) is 0. The summed E-state index contributed by atoms with van der Waals surface area (Å²) in [5.74, 6) is 0. The van der Waals surface area contributed by atoms with Gasteiger partial charge < -0.3 is 0 Å². The topological polar surface area (TPSA) is 0 Å². The molecule has 1 aromatic rings. The van der Waals surface area contributed by atoms with Gasteiger partial charge in [0, 0.05) is 0 Å². The number of allylic oxidation sites excluding steroid dienone is 2. The maximum Gasteiger partial charge on any atom is -0.00974 e. The number of hydrogen-bond acceptors (Lipinski definition) is 0. The van der Waals surface area contributed by atoms with Crippen LogP contribution in [-0.2, 0) is 12.8 Å². The lowest BCUT2D eigenvalue weighted by Gasteiger charge is -2.04. The van der Waals surface area contributed by atoms with Crippen molar-refractivity contribution in [2.75, 3.05) is 0 Å². The molecule has 0 heterocycles. The number of aryl methyl sites for hydroxylation is 1. The molecule has 0 aliphatic heterocycles. The van der Waals surface area contributed by atoms with E-state index >= 15 is 0 Å². The molecule has 0 heteroatoms. The first kappa shape index (κ1) is 6.66. The van der Waals surface area contributed by atoms with E-state index in [1.165, 1.54) is 24.0 Å². The van der Waals surface area contributed by atoms with E-state index in [1.54, 1.807) is 0 Å². The van der Waals surface area contributed by atoms with E-state index in [0.29, 0.717) is 0 Å². The van der Waals surface area contributed by atoms with Crippen LogP contribution in [0.1, 0.15) is 17.5 Å². The average Bonchev–Trinajstić information content (AvgIpc) is 2.02. The summed E-state index contributed by atoms with van der Waals surface area (Å²) in [7, 11) is 0. The highest BCUT2D eigenvalue weighted by Crippen LogP contribution is 2.11. The second kappa shape index (κ2) is 2.91. The van der Waals surface area contributed by atoms with E-state index < -0.39 is 0 Å². The van der Waals surface area contributed by atoms with Gasteiger partial charge in [0.2, 0.25) is 0 Å². The molecule has 0 aromatic heterocycles. The van der Waals surface area contributed by atoms with Crippen LogP contribution in [-0.4, -0.2) is 0 Å². The SMILES string of the molecule is C1=C\Cc2cccc(c2)CC/1. The molecule has 11 heavy (non-hydrogen) atoms. The van der Waals surface area contributed by atoms with Crippen LogP contribution in [0.4, 0.5) is 0 Å². The van der Waals surface area contributed by atoms with Crippen LogP contribution in [0.2, 0.25) is 0 Å². The first-order valence-corrected chi connectivity index (χ1v) is 4.18. The van der Waals surface area contributed by atoms with E-state index in [-0.39, 0.29) is 0 Å². The van der Waals surface area contributed by atoms with Gasteiger partial charge in [-0.15, -0.1) is 0 Å². The van der Waals surface area contributed by atoms with E-state index in [0.717, 1.165) is 6.42 Å². The molecule has 0 amide bonds. The monoisotopic (exact) mass is 144 g/mol. The second-order valence-corrected chi connectivity index (χ2v) is 3.03. The van der Waals surface area contributed by atoms with Gasteiger partial charge in [-0.05, 0) is 30.4 Å². The van der Waals surface area contributed by atoms with Crippen molar-refractivity contribution in [3.63, 3.8) is 0 Å². The summed E-state index contributed by atoms with van der Waals surface area (Å²) in [5.41, 5.74) is 2.92. The average molecular weight is 144 g/mol. The summed E-state index contributed by atoms with van der Waals surface area (Å²) < 4.78 is 0. The Morgan fingerprint density at radius 1 is 1.00 bits per heavy atom. The summed E-state index contributed by atoms with van der Waals surface area (Å²) in [6, 6.07) is 8.87. The number of benzene rings is 1. The predicted molar refractivity (Wildman–Crippen MR) is 47.6 cm³/mol. The Morgan fingerprint density at radius 2 is 1.91 bits per heavy atom. The van der Waals surface area contributed by atoms with Gasteiger partial charge in [0.1, 0.15) is 0 Å². The van der Waals surface area contributed by atoms with Crippen molar-refractivity contribution in [1.29, 1.82) is 0 Å². The number of rotatable bonds is 0. The van der Waals surface area contributed by atoms with Gasteiger partial charge >= 0.3 is 0 Å². The molecule has 0 nitrogen and oxygen atoms in total. The lowest BCUT2D eigenvalue weighted by Crippen LogP contribution is -1.90. The standard InChI is InChI=1S/C11H12/c1-2-5-10-7-4-8-11(9-10)6-3-1/h1-2,4,7-9H,3,5-6H2/b2-1-. The summed E-state index contributed by atoms with van der Waals surface area (Å²) in [5, 5.41) is 0. The molecule has 1 aliphatic rings. The molecule has 0 fully saturated rings. The van der Waals surface area contributed by atoms with Crippen LogP contribution in [0.25, 0.3) is 0 Å². The van der Waals surface area contributed by atoms with Crippen molar-refractivity contribution in [3.8, 4) is 0 Å². The smallest absolute Gasteiger partial charge is 0.00974 e. The normalized spacial score (nSPS) is 18.5. The van der Waals surface area contributed by atoms with Gasteiger partial charge in [0.25, 0.3) is 0 Å². The van der Waals surface area contributed by atoms with Gasteiger partial charge in [0.15, 0.2) is 0 Å². The van der Waals surface area contributed by atoms with Crippen LogP contribution < -0.4 is 0 Å². The van der Waals surface area contributed by atoms with Crippen LogP contribution in [0, 0.1) is 0 Å². The Kier molecular flexibility index (Phi) is 1.76. The van der Waals surface area contributed by atoms with Gasteiger partial charge in [-0.2, -0.15) is 0 Å². The Bertz CT molecular complexity index is 271. The molecule has 0 unspecified atom stereocenters. The molecular weight excluding hydrogens is 132 g/mol. The Morgan fingerprint density at radius 3 is 2.91 bits per heavy atom. The first-order chi connectivity index (χ1) is 5.45. The largest absolute Gasteiger partial charge is 0.0879 e. The Balaban J connectivity index is 2.37. The molecule has 0 N–H and O–H groups in total. The molecule has 2 rings (SSSR count). The Labute approximate surface area is 67.6 Å². The van der Waals surface area contributed by atoms with Crippen molar-refractivity contribution < 1.29 is 0 Å². The number of fused-ring (bicyclic) bond motifs is 2. The van der Waals surface area contributed by atoms with Crippen molar-refractivity contribution in [3.05, 3.63) is 47.5 Å². The van der Waals surface area contributed by atoms with Crippen molar-refractivity contribution in [1.82, 2.24) is 0 Å². The third kappa shape index (κ3) is 1.51. The lowest BCUT2D eigenvalue weighted by molar-refractivity contribution is 0.975. The molecule has 1 aliphatic carbocycles. The minimum absolute atomic E-state index is 1.10. The van der Waals surface area contributed by atoms with Gasteiger partial charge in [-0.25, -0.2) is 0 Å². The molecule has 0 saturated heterocycles. The summed E-state index contributed by atoms with van der Waals surface area (Å²) in [6.07, 6.45) is 8.04. The molecule has 0 saturated carbocycles. The molecule has 0 spiro atoms. The van der Waals surface area contributed by atoms with Gasteiger partial charge in [-0.3, -0.25) is 0 Å². The van der Waals surface area contributed by atoms with Crippen LogP contribution in [0.5, 0.6) is 0 Å². The van der Waals surface area contributed by atoms with Crippen LogP contribution >= 0.6 is 0 Å². The quantitative estimate of drug-likeness (QED) is 0.491. The maximum absolute atomic E-state index is 2.31. The maximum atomic E-state index is 2.31. The Hall–Kier alpha value is -1.04. The molecule has 0 radical (unpaired) electrons. The van der Waals surface area contributed by atoms with Crippen molar-refractivity contribution in [2.45, 2.75) is 19.3 Å². The van der Waals surface area contributed by atoms with Gasteiger partial charge in [0.05, 0.1) is 0 Å². The third-order valence-electron chi connectivity index (χ3n) is 2.11. The fourth-order valence-electron chi connectivity index (χ4n) is 1.50. The molecular formula is C11H12.